The summed E-state index contributed by atoms with van der Waals surface area (Å²) in [6, 6.07) is 10.6. The highest BCUT2D eigenvalue weighted by molar-refractivity contribution is 5.98. The number of benzene rings is 2. The van der Waals surface area contributed by atoms with E-state index in [1.807, 2.05) is 0 Å². The van der Waals surface area contributed by atoms with Crippen LogP contribution in [0.4, 0.5) is 0 Å². The van der Waals surface area contributed by atoms with Crippen molar-refractivity contribution in [1.82, 2.24) is 16.1 Å². The molecule has 188 valence electrons. The highest BCUT2D eigenvalue weighted by atomic mass is 16.5. The van der Waals surface area contributed by atoms with Crippen molar-refractivity contribution in [2.45, 2.75) is 44.4 Å². The van der Waals surface area contributed by atoms with Crippen LogP contribution in [-0.4, -0.2) is 63.8 Å². The van der Waals surface area contributed by atoms with E-state index in [-0.39, 0.29) is 5.56 Å². The van der Waals surface area contributed by atoms with Gasteiger partial charge in [-0.1, -0.05) is 24.3 Å². The van der Waals surface area contributed by atoms with Crippen LogP contribution in [0.1, 0.15) is 46.9 Å². The summed E-state index contributed by atoms with van der Waals surface area (Å²) in [5, 5.41) is 32.6. The van der Waals surface area contributed by atoms with Crippen molar-refractivity contribution in [2.75, 3.05) is 6.54 Å². The normalized spacial score (nSPS) is 13.3. The van der Waals surface area contributed by atoms with E-state index in [0.29, 0.717) is 31.4 Å². The number of aliphatic hydroxyl groups excluding tert-OH is 1. The Labute approximate surface area is 202 Å². The summed E-state index contributed by atoms with van der Waals surface area (Å²) in [6.45, 7) is 1.76. The van der Waals surface area contributed by atoms with Crippen molar-refractivity contribution in [1.29, 1.82) is 0 Å². The second-order valence-electron chi connectivity index (χ2n) is 7.97. The molecule has 0 unspecified atom stereocenters. The molecule has 0 saturated heterocycles. The van der Waals surface area contributed by atoms with Crippen molar-refractivity contribution in [3.05, 3.63) is 59.7 Å². The summed E-state index contributed by atoms with van der Waals surface area (Å²) < 4.78 is 0. The Morgan fingerprint density at radius 1 is 0.857 bits per heavy atom. The molecular weight excluding hydrogens is 456 g/mol. The van der Waals surface area contributed by atoms with Gasteiger partial charge >= 0.3 is 5.97 Å². The first-order chi connectivity index (χ1) is 16.7. The van der Waals surface area contributed by atoms with Gasteiger partial charge in [-0.2, -0.15) is 0 Å². The van der Waals surface area contributed by atoms with Gasteiger partial charge in [0.05, 0.1) is 6.10 Å². The lowest BCUT2D eigenvalue weighted by Gasteiger charge is -2.19. The molecule has 0 bridgehead atoms. The molecule has 11 heteroatoms. The van der Waals surface area contributed by atoms with Crippen LogP contribution in [0.25, 0.3) is 11.1 Å². The van der Waals surface area contributed by atoms with Gasteiger partial charge in [0.15, 0.2) is 0 Å². The number of unbranched alkanes of at least 4 members (excludes halogenated alkanes) is 1. The number of rotatable bonds is 12. The van der Waals surface area contributed by atoms with E-state index in [4.69, 9.17) is 10.9 Å². The molecule has 3 atom stereocenters. The SMILES string of the molecule is C[C@@H](O)[C@H](NC(=O)c1ccc(-c2ccc(C(=O)N[C@@H](CCCCN)C(=O)O)cc2)cc1)C(=O)NO. The average Bonchev–Trinajstić information content (AvgIpc) is 2.86. The molecule has 35 heavy (non-hydrogen) atoms. The van der Waals surface area contributed by atoms with Crippen LogP contribution in [0.5, 0.6) is 0 Å². The zero-order chi connectivity index (χ0) is 26.0. The predicted octanol–water partition coefficient (Wildman–Crippen LogP) is 0.650. The van der Waals surface area contributed by atoms with Gasteiger partial charge < -0.3 is 26.6 Å². The van der Waals surface area contributed by atoms with Gasteiger partial charge in [0.1, 0.15) is 12.1 Å². The lowest BCUT2D eigenvalue weighted by molar-refractivity contribution is -0.139. The van der Waals surface area contributed by atoms with Crippen molar-refractivity contribution in [3.8, 4) is 11.1 Å². The first kappa shape index (κ1) is 27.4. The molecule has 0 aromatic heterocycles. The van der Waals surface area contributed by atoms with Crippen molar-refractivity contribution >= 4 is 23.7 Å². The number of hydrogen-bond acceptors (Lipinski definition) is 7. The number of carbonyl (C=O) groups is 4. The summed E-state index contributed by atoms with van der Waals surface area (Å²) in [6.07, 6.45) is 0.333. The first-order valence-electron chi connectivity index (χ1n) is 11.0. The molecule has 0 aliphatic heterocycles. The molecule has 0 radical (unpaired) electrons. The standard InChI is InChI=1S/C24H30N4O7/c1-14(29)20(23(32)28-35)27-22(31)18-11-7-16(8-12-18)15-5-9-17(10-6-15)21(30)26-19(24(33)34)4-2-3-13-25/h5-12,14,19-20,29,35H,2-4,13,25H2,1H3,(H,26,30)(H,27,31)(H,28,32)(H,33,34)/t14-,19+,20+/m1/s1. The summed E-state index contributed by atoms with van der Waals surface area (Å²) in [5.74, 6) is -3.16. The topological polar surface area (TPSA) is 191 Å². The molecule has 11 nitrogen and oxygen atoms in total. The largest absolute Gasteiger partial charge is 0.480 e. The van der Waals surface area contributed by atoms with E-state index in [1.54, 1.807) is 36.4 Å². The van der Waals surface area contributed by atoms with E-state index in [0.717, 1.165) is 11.1 Å². The number of amides is 3. The first-order valence-corrected chi connectivity index (χ1v) is 11.0. The van der Waals surface area contributed by atoms with Crippen molar-refractivity contribution in [2.24, 2.45) is 5.73 Å². The molecule has 0 fully saturated rings. The van der Waals surface area contributed by atoms with E-state index in [9.17, 15) is 29.4 Å². The molecule has 0 aliphatic carbocycles. The van der Waals surface area contributed by atoms with E-state index < -0.39 is 41.9 Å². The second kappa shape index (κ2) is 13.2. The van der Waals surface area contributed by atoms with Gasteiger partial charge in [0.25, 0.3) is 17.7 Å². The van der Waals surface area contributed by atoms with Crippen LogP contribution in [-0.2, 0) is 9.59 Å². The third-order valence-corrected chi connectivity index (χ3v) is 5.34. The Morgan fingerprint density at radius 3 is 1.74 bits per heavy atom. The van der Waals surface area contributed by atoms with Crippen molar-refractivity contribution < 1.29 is 34.6 Å². The second-order valence-corrected chi connectivity index (χ2v) is 7.97. The molecule has 8 N–H and O–H groups in total. The fourth-order valence-electron chi connectivity index (χ4n) is 3.32. The molecule has 2 aromatic rings. The van der Waals surface area contributed by atoms with Crippen LogP contribution >= 0.6 is 0 Å². The third kappa shape index (κ3) is 7.88. The Morgan fingerprint density at radius 2 is 1.34 bits per heavy atom. The number of carbonyl (C=O) groups excluding carboxylic acids is 3. The Bertz CT molecular complexity index is 1020. The smallest absolute Gasteiger partial charge is 0.326 e. The molecule has 3 amide bonds. The maximum absolute atomic E-state index is 12.5. The molecule has 2 rings (SSSR count). The minimum atomic E-state index is -1.33. The monoisotopic (exact) mass is 486 g/mol. The summed E-state index contributed by atoms with van der Waals surface area (Å²) in [7, 11) is 0. The van der Waals surface area contributed by atoms with Gasteiger partial charge in [-0.15, -0.1) is 0 Å². The lowest BCUT2D eigenvalue weighted by atomic mass is 10.0. The quantitative estimate of drug-likeness (QED) is 0.129. The van der Waals surface area contributed by atoms with E-state index >= 15 is 0 Å². The number of nitrogens with one attached hydrogen (secondary N) is 3. The lowest BCUT2D eigenvalue weighted by Crippen LogP contribution is -2.51. The summed E-state index contributed by atoms with van der Waals surface area (Å²) in [5.41, 5.74) is 8.87. The zero-order valence-electron chi connectivity index (χ0n) is 19.2. The number of nitrogens with two attached hydrogens (primary N) is 1. The average molecular weight is 487 g/mol. The Kier molecular flexibility index (Phi) is 10.3. The maximum Gasteiger partial charge on any atom is 0.326 e. The van der Waals surface area contributed by atoms with Crippen LogP contribution in [0.2, 0.25) is 0 Å². The van der Waals surface area contributed by atoms with Gasteiger partial charge in [-0.05, 0) is 68.1 Å². The Balaban J connectivity index is 2.05. The number of aliphatic hydroxyl groups is 1. The van der Waals surface area contributed by atoms with E-state index in [1.165, 1.54) is 24.5 Å². The highest BCUT2D eigenvalue weighted by Gasteiger charge is 2.26. The number of hydroxylamine groups is 1. The predicted molar refractivity (Wildman–Crippen MR) is 127 cm³/mol. The maximum atomic E-state index is 12.5. The summed E-state index contributed by atoms with van der Waals surface area (Å²) in [4.78, 5) is 47.8. The molecule has 0 heterocycles. The minimum Gasteiger partial charge on any atom is -0.480 e. The zero-order valence-corrected chi connectivity index (χ0v) is 19.2. The van der Waals surface area contributed by atoms with Gasteiger partial charge in [0, 0.05) is 11.1 Å². The summed E-state index contributed by atoms with van der Waals surface area (Å²) >= 11 is 0. The number of aliphatic carboxylic acids is 1. The van der Waals surface area contributed by atoms with E-state index in [2.05, 4.69) is 10.6 Å². The van der Waals surface area contributed by atoms with Crippen LogP contribution < -0.4 is 21.8 Å². The van der Waals surface area contributed by atoms with Crippen LogP contribution in [0, 0.1) is 0 Å². The fraction of sp³-hybridized carbons (Fsp3) is 0.333. The molecule has 2 aromatic carbocycles. The Hall–Kier alpha value is -3.80. The highest BCUT2D eigenvalue weighted by Crippen LogP contribution is 2.21. The molecule has 0 spiro atoms. The van der Waals surface area contributed by atoms with Gasteiger partial charge in [0.2, 0.25) is 0 Å². The molecule has 0 saturated carbocycles. The van der Waals surface area contributed by atoms with Crippen molar-refractivity contribution in [3.63, 3.8) is 0 Å². The molecular formula is C24H30N4O7. The third-order valence-electron chi connectivity index (χ3n) is 5.34. The van der Waals surface area contributed by atoms with Crippen LogP contribution in [0.15, 0.2) is 48.5 Å². The van der Waals surface area contributed by atoms with Crippen LogP contribution in [0.3, 0.4) is 0 Å². The minimum absolute atomic E-state index is 0.232. The number of hydrogen-bond donors (Lipinski definition) is 7. The fourth-order valence-corrected chi connectivity index (χ4v) is 3.32. The molecule has 0 aliphatic rings. The van der Waals surface area contributed by atoms with Gasteiger partial charge in [-0.25, -0.2) is 10.3 Å². The number of carboxylic acids is 1. The number of carboxylic acid groups (broad SMARTS) is 1. The van der Waals surface area contributed by atoms with Gasteiger partial charge in [-0.3, -0.25) is 19.6 Å².